The van der Waals surface area contributed by atoms with Crippen LogP contribution in [0.4, 0.5) is 10.3 Å². The molecule has 0 saturated heterocycles. The zero-order chi connectivity index (χ0) is 13.4. The molecule has 0 aliphatic heterocycles. The van der Waals surface area contributed by atoms with Gasteiger partial charge < -0.3 is 15.0 Å². The molecule has 6 heteroatoms. The molecule has 5 nitrogen and oxygen atoms in total. The van der Waals surface area contributed by atoms with Crippen molar-refractivity contribution in [2.45, 2.75) is 19.8 Å². The van der Waals surface area contributed by atoms with Gasteiger partial charge in [0.25, 0.3) is 5.88 Å². The van der Waals surface area contributed by atoms with Crippen molar-refractivity contribution in [3.8, 4) is 5.88 Å². The van der Waals surface area contributed by atoms with Crippen LogP contribution in [0.3, 0.4) is 0 Å². The molecule has 1 N–H and O–H groups in total. The Morgan fingerprint density at radius 2 is 2.22 bits per heavy atom. The van der Waals surface area contributed by atoms with Crippen molar-refractivity contribution in [1.82, 2.24) is 14.9 Å². The summed E-state index contributed by atoms with van der Waals surface area (Å²) in [7, 11) is 3.97. The average Bonchev–Trinajstić information content (AvgIpc) is 2.34. The molecule has 0 aromatic carbocycles. The summed E-state index contributed by atoms with van der Waals surface area (Å²) in [5, 5.41) is 2.99. The first-order chi connectivity index (χ1) is 8.63. The topological polar surface area (TPSA) is 50.3 Å². The Morgan fingerprint density at radius 3 is 2.89 bits per heavy atom. The van der Waals surface area contributed by atoms with E-state index in [0.29, 0.717) is 12.6 Å². The number of aromatic nitrogens is 2. The number of anilines is 1. The lowest BCUT2D eigenvalue weighted by molar-refractivity contribution is 0.261. The Kier molecular flexibility index (Phi) is 6.35. The molecule has 0 amide bonds. The molecule has 1 heterocycles. The maximum atomic E-state index is 13.4. The molecule has 0 radical (unpaired) electrons. The van der Waals surface area contributed by atoms with E-state index in [9.17, 15) is 4.39 Å². The predicted molar refractivity (Wildman–Crippen MR) is 69.4 cm³/mol. The van der Waals surface area contributed by atoms with Crippen molar-refractivity contribution < 1.29 is 9.13 Å². The third-order valence-corrected chi connectivity index (χ3v) is 2.23. The van der Waals surface area contributed by atoms with Gasteiger partial charge in [-0.1, -0.05) is 6.92 Å². The van der Waals surface area contributed by atoms with Gasteiger partial charge in [-0.05, 0) is 26.9 Å². The van der Waals surface area contributed by atoms with Crippen molar-refractivity contribution in [1.29, 1.82) is 0 Å². The molecule has 18 heavy (non-hydrogen) atoms. The minimum absolute atomic E-state index is 0.0161. The van der Waals surface area contributed by atoms with E-state index in [2.05, 4.69) is 15.3 Å². The predicted octanol–water partition coefficient (Wildman–Crippen LogP) is 1.77. The molecule has 0 aliphatic carbocycles. The number of ether oxygens (including phenoxy) is 1. The van der Waals surface area contributed by atoms with Gasteiger partial charge in [0.15, 0.2) is 0 Å². The molecule has 0 atom stereocenters. The number of hydrogen-bond donors (Lipinski definition) is 1. The molecule has 0 aliphatic rings. The van der Waals surface area contributed by atoms with E-state index in [1.54, 1.807) is 0 Å². The van der Waals surface area contributed by atoms with Gasteiger partial charge in [-0.25, -0.2) is 4.98 Å². The second-order valence-corrected chi connectivity index (χ2v) is 4.28. The molecule has 0 saturated carbocycles. The maximum absolute atomic E-state index is 13.4. The molecule has 0 unspecified atom stereocenters. The molecule has 1 aromatic heterocycles. The average molecular weight is 256 g/mol. The first kappa shape index (κ1) is 14.6. The fraction of sp³-hybridized carbons (Fsp3) is 0.667. The van der Waals surface area contributed by atoms with Crippen molar-refractivity contribution in [2.24, 2.45) is 0 Å². The third kappa shape index (κ3) is 5.27. The molecule has 1 rings (SSSR count). The number of hydrogen-bond acceptors (Lipinski definition) is 5. The van der Waals surface area contributed by atoms with Crippen molar-refractivity contribution in [3.05, 3.63) is 12.0 Å². The minimum atomic E-state index is -0.526. The smallest absolute Gasteiger partial charge is 0.255 e. The Morgan fingerprint density at radius 1 is 1.44 bits per heavy atom. The standard InChI is InChI=1S/C12H21FN4O/c1-4-6-14-12-15-9-10(13)11(16-12)18-8-5-7-17(2)3/h9H,4-8H2,1-3H3,(H,14,15,16). The third-order valence-electron chi connectivity index (χ3n) is 2.23. The van der Waals surface area contributed by atoms with Gasteiger partial charge in [-0.3, -0.25) is 0 Å². The Hall–Kier alpha value is -1.43. The number of nitrogens with one attached hydrogen (secondary N) is 1. The van der Waals surface area contributed by atoms with Crippen LogP contribution < -0.4 is 10.1 Å². The highest BCUT2D eigenvalue weighted by molar-refractivity contribution is 5.28. The highest BCUT2D eigenvalue weighted by Gasteiger charge is 2.07. The first-order valence-corrected chi connectivity index (χ1v) is 6.17. The summed E-state index contributed by atoms with van der Waals surface area (Å²) in [4.78, 5) is 9.89. The van der Waals surface area contributed by atoms with Crippen LogP contribution in [0.15, 0.2) is 6.20 Å². The zero-order valence-electron chi connectivity index (χ0n) is 11.2. The normalized spacial score (nSPS) is 10.7. The summed E-state index contributed by atoms with van der Waals surface area (Å²) in [5.74, 6) is -0.106. The fourth-order valence-corrected chi connectivity index (χ4v) is 1.32. The highest BCUT2D eigenvalue weighted by Crippen LogP contribution is 2.14. The van der Waals surface area contributed by atoms with E-state index >= 15 is 0 Å². The van der Waals surface area contributed by atoms with Crippen molar-refractivity contribution in [2.75, 3.05) is 39.1 Å². The summed E-state index contributed by atoms with van der Waals surface area (Å²) in [6.45, 7) is 4.13. The summed E-state index contributed by atoms with van der Waals surface area (Å²) in [6, 6.07) is 0. The molecule has 0 fully saturated rings. The summed E-state index contributed by atoms with van der Waals surface area (Å²) < 4.78 is 18.7. The van der Waals surface area contributed by atoms with Crippen LogP contribution in [0.5, 0.6) is 5.88 Å². The Bertz CT molecular complexity index is 360. The lowest BCUT2D eigenvalue weighted by Gasteiger charge is -2.11. The van der Waals surface area contributed by atoms with Gasteiger partial charge in [-0.2, -0.15) is 9.37 Å². The SMILES string of the molecule is CCCNc1ncc(F)c(OCCCN(C)C)n1. The monoisotopic (exact) mass is 256 g/mol. The zero-order valence-corrected chi connectivity index (χ0v) is 11.2. The van der Waals surface area contributed by atoms with Crippen molar-refractivity contribution in [3.63, 3.8) is 0 Å². The van der Waals surface area contributed by atoms with E-state index in [4.69, 9.17) is 4.74 Å². The molecule has 0 bridgehead atoms. The number of halogens is 1. The van der Waals surface area contributed by atoms with E-state index in [-0.39, 0.29) is 5.88 Å². The van der Waals surface area contributed by atoms with Gasteiger partial charge in [0.05, 0.1) is 12.8 Å². The highest BCUT2D eigenvalue weighted by atomic mass is 19.1. The van der Waals surface area contributed by atoms with E-state index in [0.717, 1.165) is 32.1 Å². The van der Waals surface area contributed by atoms with Crippen LogP contribution in [0.25, 0.3) is 0 Å². The van der Waals surface area contributed by atoms with Crippen LogP contribution in [-0.2, 0) is 0 Å². The Balaban J connectivity index is 2.47. The molecular formula is C12H21FN4O. The van der Waals surface area contributed by atoms with Crippen molar-refractivity contribution >= 4 is 5.95 Å². The lowest BCUT2D eigenvalue weighted by Crippen LogP contribution is -2.16. The summed E-state index contributed by atoms with van der Waals surface area (Å²) in [6.07, 6.45) is 2.92. The van der Waals surface area contributed by atoms with E-state index < -0.39 is 5.82 Å². The molecule has 102 valence electrons. The van der Waals surface area contributed by atoms with Crippen LogP contribution >= 0.6 is 0 Å². The quantitative estimate of drug-likeness (QED) is 0.718. The van der Waals surface area contributed by atoms with Gasteiger partial charge >= 0.3 is 0 Å². The van der Waals surface area contributed by atoms with Crippen LogP contribution in [-0.4, -0.2) is 48.7 Å². The lowest BCUT2D eigenvalue weighted by atomic mass is 10.4. The summed E-state index contributed by atoms with van der Waals surface area (Å²) in [5.41, 5.74) is 0. The number of nitrogens with zero attached hydrogens (tertiary/aromatic N) is 3. The molecular weight excluding hydrogens is 235 g/mol. The van der Waals surface area contributed by atoms with Crippen LogP contribution in [0.1, 0.15) is 19.8 Å². The van der Waals surface area contributed by atoms with E-state index in [1.807, 2.05) is 25.9 Å². The largest absolute Gasteiger partial charge is 0.475 e. The summed E-state index contributed by atoms with van der Waals surface area (Å²) >= 11 is 0. The number of rotatable bonds is 8. The second-order valence-electron chi connectivity index (χ2n) is 4.28. The second kappa shape index (κ2) is 7.81. The van der Waals surface area contributed by atoms with E-state index in [1.165, 1.54) is 0 Å². The van der Waals surface area contributed by atoms with Gasteiger partial charge in [0, 0.05) is 13.1 Å². The van der Waals surface area contributed by atoms with Gasteiger partial charge in [0.2, 0.25) is 11.8 Å². The first-order valence-electron chi connectivity index (χ1n) is 6.17. The Labute approximate surface area is 107 Å². The van der Waals surface area contributed by atoms with Crippen LogP contribution in [0, 0.1) is 5.82 Å². The minimum Gasteiger partial charge on any atom is -0.475 e. The molecule has 0 spiro atoms. The van der Waals surface area contributed by atoms with Gasteiger partial charge in [-0.15, -0.1) is 0 Å². The fourth-order valence-electron chi connectivity index (χ4n) is 1.32. The van der Waals surface area contributed by atoms with Gasteiger partial charge in [0.1, 0.15) is 0 Å². The maximum Gasteiger partial charge on any atom is 0.255 e. The van der Waals surface area contributed by atoms with Crippen LogP contribution in [0.2, 0.25) is 0 Å². The molecule has 1 aromatic rings.